The molecule has 0 aliphatic heterocycles. The van der Waals surface area contributed by atoms with Crippen molar-refractivity contribution >= 4 is 5.97 Å². The lowest BCUT2D eigenvalue weighted by Crippen LogP contribution is -2.19. The number of likely N-dealkylation sites (N-methyl/N-ethyl adjacent to an activating group) is 1. The molecule has 0 N–H and O–H groups in total. The molecule has 0 rings (SSSR count). The second-order valence-corrected chi connectivity index (χ2v) is 1.61. The summed E-state index contributed by atoms with van der Waals surface area (Å²) in [5.74, 6) is -1.04. The SMILES string of the molecule is CN(C)CC([O])=O. The Morgan fingerprint density at radius 2 is 2.00 bits per heavy atom. The standard InChI is InChI=1S/C4H8NO2/c1-5(2)3-4(6)7/h3H2,1-2H3. The van der Waals surface area contributed by atoms with Gasteiger partial charge in [0.1, 0.15) is 6.54 Å². The van der Waals surface area contributed by atoms with Gasteiger partial charge in [-0.3, -0.25) is 4.90 Å². The molecule has 0 heterocycles. The average Bonchev–Trinajstić information content (AvgIpc) is 1.27. The highest BCUT2D eigenvalue weighted by molar-refractivity contribution is 5.68. The molecule has 0 aliphatic rings. The summed E-state index contributed by atoms with van der Waals surface area (Å²) in [6, 6.07) is 0. The van der Waals surface area contributed by atoms with Crippen LogP contribution in [0.3, 0.4) is 0 Å². The zero-order valence-electron chi connectivity index (χ0n) is 4.47. The van der Waals surface area contributed by atoms with Gasteiger partial charge in [0, 0.05) is 0 Å². The summed E-state index contributed by atoms with van der Waals surface area (Å²) in [5, 5.41) is 9.66. The van der Waals surface area contributed by atoms with Crippen LogP contribution in [-0.4, -0.2) is 31.5 Å². The maximum atomic E-state index is 9.66. The van der Waals surface area contributed by atoms with Gasteiger partial charge in [-0.15, -0.1) is 0 Å². The van der Waals surface area contributed by atoms with Crippen LogP contribution in [0.2, 0.25) is 0 Å². The van der Waals surface area contributed by atoms with Crippen molar-refractivity contribution in [2.75, 3.05) is 20.6 Å². The van der Waals surface area contributed by atoms with E-state index < -0.39 is 5.97 Å². The van der Waals surface area contributed by atoms with Crippen LogP contribution in [-0.2, 0) is 9.90 Å². The molecule has 0 aromatic carbocycles. The van der Waals surface area contributed by atoms with Crippen molar-refractivity contribution in [1.29, 1.82) is 0 Å². The quantitative estimate of drug-likeness (QED) is 0.471. The van der Waals surface area contributed by atoms with E-state index in [1.165, 1.54) is 4.90 Å². The third kappa shape index (κ3) is 5.43. The van der Waals surface area contributed by atoms with Gasteiger partial charge in [0.05, 0.1) is 0 Å². The molecule has 0 aromatic rings. The first-order valence-corrected chi connectivity index (χ1v) is 1.97. The van der Waals surface area contributed by atoms with Gasteiger partial charge in [-0.1, -0.05) is 0 Å². The molecule has 0 atom stereocenters. The molecule has 0 aliphatic carbocycles. The number of carbonyl (C=O) groups excluding carboxylic acids is 1. The summed E-state index contributed by atoms with van der Waals surface area (Å²) in [7, 11) is 3.35. The van der Waals surface area contributed by atoms with Gasteiger partial charge in [0.2, 0.25) is 0 Å². The van der Waals surface area contributed by atoms with Crippen LogP contribution < -0.4 is 0 Å². The Labute approximate surface area is 42.5 Å². The normalized spacial score (nSPS) is 9.57. The predicted octanol–water partition coefficient (Wildman–Crippen LogP) is -0.495. The fourth-order valence-electron chi connectivity index (χ4n) is 0.258. The number of hydrogen-bond acceptors (Lipinski definition) is 2. The third-order valence-electron chi connectivity index (χ3n) is 0.445. The summed E-state index contributed by atoms with van der Waals surface area (Å²) < 4.78 is 0. The number of nitrogens with zero attached hydrogens (tertiary/aromatic N) is 1. The molecule has 7 heavy (non-hydrogen) atoms. The van der Waals surface area contributed by atoms with Crippen LogP contribution in [0.4, 0.5) is 0 Å². The van der Waals surface area contributed by atoms with Gasteiger partial charge in [0.15, 0.2) is 0 Å². The number of carbonyl (C=O) groups is 1. The van der Waals surface area contributed by atoms with Crippen molar-refractivity contribution in [2.24, 2.45) is 0 Å². The summed E-state index contributed by atoms with van der Waals surface area (Å²) in [6.45, 7) is 0. The molecule has 41 valence electrons. The molecule has 0 bridgehead atoms. The lowest BCUT2D eigenvalue weighted by molar-refractivity contribution is -0.143. The molecule has 0 amide bonds. The van der Waals surface area contributed by atoms with Gasteiger partial charge in [-0.25, -0.2) is 9.90 Å². The minimum absolute atomic E-state index is 0. The van der Waals surface area contributed by atoms with E-state index in [1.807, 2.05) is 0 Å². The Balaban J connectivity index is 3.13. The molecule has 3 heteroatoms. The van der Waals surface area contributed by atoms with E-state index in [0.29, 0.717) is 0 Å². The monoisotopic (exact) mass is 102 g/mol. The molecule has 0 saturated heterocycles. The first-order valence-electron chi connectivity index (χ1n) is 1.97. The molecule has 0 fully saturated rings. The predicted molar refractivity (Wildman–Crippen MR) is 24.2 cm³/mol. The number of rotatable bonds is 2. The Morgan fingerprint density at radius 3 is 2.00 bits per heavy atom. The van der Waals surface area contributed by atoms with Crippen LogP contribution in [0, 0.1) is 0 Å². The van der Waals surface area contributed by atoms with Crippen molar-refractivity contribution in [2.45, 2.75) is 0 Å². The fourth-order valence-corrected chi connectivity index (χ4v) is 0.258. The number of hydrogen-bond donors (Lipinski definition) is 0. The van der Waals surface area contributed by atoms with Gasteiger partial charge in [-0.2, -0.15) is 0 Å². The molecular weight excluding hydrogens is 94.0 g/mol. The van der Waals surface area contributed by atoms with Crippen molar-refractivity contribution in [3.63, 3.8) is 0 Å². The molecule has 0 aromatic heterocycles. The second-order valence-electron chi connectivity index (χ2n) is 1.61. The fraction of sp³-hybridized carbons (Fsp3) is 0.750. The maximum Gasteiger partial charge on any atom is 0.369 e. The molecule has 3 nitrogen and oxygen atoms in total. The summed E-state index contributed by atoms with van der Waals surface area (Å²) in [5.41, 5.74) is 0. The first-order chi connectivity index (χ1) is 3.13. The average molecular weight is 102 g/mol. The highest BCUT2D eigenvalue weighted by Gasteiger charge is 1.97. The zero-order chi connectivity index (χ0) is 5.86. The van der Waals surface area contributed by atoms with E-state index in [-0.39, 0.29) is 6.54 Å². The van der Waals surface area contributed by atoms with E-state index >= 15 is 0 Å². The van der Waals surface area contributed by atoms with Crippen LogP contribution in [0.1, 0.15) is 0 Å². The maximum absolute atomic E-state index is 9.66. The lowest BCUT2D eigenvalue weighted by Gasteiger charge is -2.00. The van der Waals surface area contributed by atoms with E-state index in [9.17, 15) is 9.90 Å². The zero-order valence-corrected chi connectivity index (χ0v) is 4.47. The molecular formula is C4H8NO2. The van der Waals surface area contributed by atoms with Gasteiger partial charge < -0.3 is 0 Å². The van der Waals surface area contributed by atoms with Crippen LogP contribution >= 0.6 is 0 Å². The topological polar surface area (TPSA) is 40.2 Å². The van der Waals surface area contributed by atoms with Crippen molar-refractivity contribution in [1.82, 2.24) is 4.90 Å². The van der Waals surface area contributed by atoms with Crippen molar-refractivity contribution in [3.8, 4) is 0 Å². The largest absolute Gasteiger partial charge is 0.369 e. The lowest BCUT2D eigenvalue weighted by atomic mass is 10.6. The van der Waals surface area contributed by atoms with Crippen molar-refractivity contribution in [3.05, 3.63) is 0 Å². The molecule has 1 radical (unpaired) electrons. The summed E-state index contributed by atoms with van der Waals surface area (Å²) in [6.07, 6.45) is 0. The molecule has 0 unspecified atom stereocenters. The van der Waals surface area contributed by atoms with E-state index in [0.717, 1.165) is 0 Å². The molecule has 0 saturated carbocycles. The highest BCUT2D eigenvalue weighted by Crippen LogP contribution is 1.70. The second kappa shape index (κ2) is 2.58. The van der Waals surface area contributed by atoms with E-state index in [2.05, 4.69) is 0 Å². The Kier molecular flexibility index (Phi) is 2.37. The summed E-state index contributed by atoms with van der Waals surface area (Å²) in [4.78, 5) is 11.2. The minimum atomic E-state index is -1.04. The van der Waals surface area contributed by atoms with Gasteiger partial charge >= 0.3 is 5.97 Å². The van der Waals surface area contributed by atoms with Gasteiger partial charge in [0.25, 0.3) is 0 Å². The van der Waals surface area contributed by atoms with Crippen LogP contribution in [0.25, 0.3) is 0 Å². The smallest absolute Gasteiger partial charge is 0.299 e. The summed E-state index contributed by atoms with van der Waals surface area (Å²) >= 11 is 0. The third-order valence-corrected chi connectivity index (χ3v) is 0.445. The Morgan fingerprint density at radius 1 is 1.57 bits per heavy atom. The van der Waals surface area contributed by atoms with Crippen LogP contribution in [0.5, 0.6) is 0 Å². The van der Waals surface area contributed by atoms with Crippen molar-refractivity contribution < 1.29 is 9.90 Å². The molecule has 0 spiro atoms. The Bertz CT molecular complexity index is 70.1. The van der Waals surface area contributed by atoms with Crippen LogP contribution in [0.15, 0.2) is 0 Å². The Hall–Kier alpha value is -0.570. The highest BCUT2D eigenvalue weighted by atomic mass is 16.4. The van der Waals surface area contributed by atoms with E-state index in [1.54, 1.807) is 14.1 Å². The minimum Gasteiger partial charge on any atom is -0.299 e. The van der Waals surface area contributed by atoms with E-state index in [4.69, 9.17) is 0 Å². The van der Waals surface area contributed by atoms with Gasteiger partial charge in [-0.05, 0) is 14.1 Å². The first kappa shape index (κ1) is 6.43.